The van der Waals surface area contributed by atoms with E-state index in [4.69, 9.17) is 4.99 Å². The highest BCUT2D eigenvalue weighted by Gasteiger charge is 2.37. The lowest BCUT2D eigenvalue weighted by Gasteiger charge is -2.40. The average molecular weight is 505 g/mol. The Morgan fingerprint density at radius 2 is 1.69 bits per heavy atom. The summed E-state index contributed by atoms with van der Waals surface area (Å²) in [6.07, 6.45) is 7.22. The van der Waals surface area contributed by atoms with Crippen LogP contribution in [-0.2, 0) is 9.59 Å². The number of fused-ring (bicyclic) bond motifs is 1. The molecule has 0 aliphatic carbocycles. The number of carbonyl (C=O) groups is 2. The van der Waals surface area contributed by atoms with Gasteiger partial charge in [-0.25, -0.2) is 4.99 Å². The fourth-order valence-electron chi connectivity index (χ4n) is 4.69. The summed E-state index contributed by atoms with van der Waals surface area (Å²) in [6, 6.07) is 17.2. The predicted octanol–water partition coefficient (Wildman–Crippen LogP) is 6.75. The Bertz CT molecular complexity index is 1110. The van der Waals surface area contributed by atoms with Crippen LogP contribution in [0.15, 0.2) is 70.9 Å². The molecular weight excluding hydrogens is 468 g/mol. The van der Waals surface area contributed by atoms with Gasteiger partial charge in [-0.15, -0.1) is 0 Å². The predicted molar refractivity (Wildman–Crippen MR) is 150 cm³/mol. The van der Waals surface area contributed by atoms with Crippen LogP contribution in [0.2, 0.25) is 0 Å². The highest BCUT2D eigenvalue weighted by molar-refractivity contribution is 8.13. The molecule has 6 nitrogen and oxygen atoms in total. The second-order valence-electron chi connectivity index (χ2n) is 9.35. The molecule has 2 aromatic carbocycles. The maximum absolute atomic E-state index is 13.5. The molecule has 0 spiro atoms. The maximum Gasteiger partial charge on any atom is 0.255 e. The summed E-state index contributed by atoms with van der Waals surface area (Å²) in [5.41, 5.74) is 3.96. The molecule has 4 rings (SSSR count). The van der Waals surface area contributed by atoms with Gasteiger partial charge in [0.1, 0.15) is 0 Å². The van der Waals surface area contributed by atoms with Gasteiger partial charge in [0.05, 0.1) is 17.3 Å². The summed E-state index contributed by atoms with van der Waals surface area (Å²) in [5, 5.41) is 7.05. The molecule has 2 aliphatic heterocycles. The molecule has 2 aliphatic rings. The van der Waals surface area contributed by atoms with Crippen molar-refractivity contribution in [3.8, 4) is 0 Å². The Morgan fingerprint density at radius 1 is 0.972 bits per heavy atom. The topological polar surface area (TPSA) is 73.8 Å². The second kappa shape index (κ2) is 12.8. The first kappa shape index (κ1) is 26.0. The third-order valence-corrected chi connectivity index (χ3v) is 7.63. The Balaban J connectivity index is 1.51. The molecule has 2 heterocycles. The highest BCUT2D eigenvalue weighted by atomic mass is 32.2. The van der Waals surface area contributed by atoms with Crippen molar-refractivity contribution in [2.75, 3.05) is 22.9 Å². The number of nitrogens with zero attached hydrogens (tertiary/aromatic N) is 2. The number of allylic oxidation sites excluding steroid dienone is 1. The van der Waals surface area contributed by atoms with Crippen molar-refractivity contribution in [3.05, 3.63) is 71.4 Å². The molecular formula is C29H36N4O2S. The standard InChI is InChI=1S/C29H36N4O2S/c1-3-4-5-6-10-14-25(34)31-24-17-15-22(16-18-24)27-26(28(35)32-23-12-8-7-9-13-23)21(2)30-29-33(27)19-11-20-36-29/h7-9,12-13,15-18,27H,3-6,10-11,14,19-20H2,1-2H3,(H,31,34)(H,32,35). The van der Waals surface area contributed by atoms with E-state index in [1.165, 1.54) is 19.3 Å². The molecule has 36 heavy (non-hydrogen) atoms. The van der Waals surface area contributed by atoms with Gasteiger partial charge in [0, 0.05) is 30.1 Å². The summed E-state index contributed by atoms with van der Waals surface area (Å²) in [4.78, 5) is 32.9. The maximum atomic E-state index is 13.5. The van der Waals surface area contributed by atoms with Gasteiger partial charge >= 0.3 is 0 Å². The van der Waals surface area contributed by atoms with E-state index in [9.17, 15) is 9.59 Å². The van der Waals surface area contributed by atoms with Crippen molar-refractivity contribution in [1.29, 1.82) is 0 Å². The van der Waals surface area contributed by atoms with Gasteiger partial charge in [0.2, 0.25) is 5.91 Å². The van der Waals surface area contributed by atoms with E-state index in [0.29, 0.717) is 12.0 Å². The summed E-state index contributed by atoms with van der Waals surface area (Å²) < 4.78 is 0. The number of para-hydroxylation sites is 1. The molecule has 190 valence electrons. The monoisotopic (exact) mass is 504 g/mol. The third-order valence-electron chi connectivity index (χ3n) is 6.55. The Kier molecular flexibility index (Phi) is 9.23. The molecule has 7 heteroatoms. The van der Waals surface area contributed by atoms with Crippen LogP contribution in [0.3, 0.4) is 0 Å². The fraction of sp³-hybridized carbons (Fsp3) is 0.414. The molecule has 1 atom stereocenters. The van der Waals surface area contributed by atoms with Gasteiger partial charge in [-0.3, -0.25) is 9.59 Å². The van der Waals surface area contributed by atoms with E-state index < -0.39 is 0 Å². The van der Waals surface area contributed by atoms with Crippen LogP contribution in [0.4, 0.5) is 11.4 Å². The van der Waals surface area contributed by atoms with Gasteiger partial charge in [0.25, 0.3) is 5.91 Å². The van der Waals surface area contributed by atoms with Crippen LogP contribution in [-0.4, -0.2) is 34.2 Å². The first-order valence-electron chi connectivity index (χ1n) is 13.0. The zero-order valence-electron chi connectivity index (χ0n) is 21.3. The molecule has 0 bridgehead atoms. The molecule has 0 saturated carbocycles. The normalized spacial score (nSPS) is 17.3. The van der Waals surface area contributed by atoms with Gasteiger partial charge in [-0.05, 0) is 49.6 Å². The molecule has 1 unspecified atom stereocenters. The van der Waals surface area contributed by atoms with E-state index in [2.05, 4.69) is 22.5 Å². The number of unbranched alkanes of at least 4 members (excludes halogenated alkanes) is 4. The number of thioether (sulfide) groups is 1. The van der Waals surface area contributed by atoms with Crippen LogP contribution in [0, 0.1) is 0 Å². The first-order valence-corrected chi connectivity index (χ1v) is 14.0. The lowest BCUT2D eigenvalue weighted by Crippen LogP contribution is -2.43. The van der Waals surface area contributed by atoms with E-state index in [1.807, 2.05) is 61.5 Å². The smallest absolute Gasteiger partial charge is 0.255 e. The second-order valence-corrected chi connectivity index (χ2v) is 10.4. The van der Waals surface area contributed by atoms with Crippen molar-refractivity contribution in [2.45, 2.75) is 64.8 Å². The van der Waals surface area contributed by atoms with Crippen molar-refractivity contribution in [2.24, 2.45) is 4.99 Å². The van der Waals surface area contributed by atoms with E-state index in [-0.39, 0.29) is 17.9 Å². The number of amides is 2. The minimum atomic E-state index is -0.225. The molecule has 1 fully saturated rings. The number of hydrogen-bond acceptors (Lipinski definition) is 5. The van der Waals surface area contributed by atoms with Crippen molar-refractivity contribution >= 4 is 40.1 Å². The zero-order valence-corrected chi connectivity index (χ0v) is 22.1. The molecule has 0 radical (unpaired) electrons. The number of hydrogen-bond donors (Lipinski definition) is 2. The summed E-state index contributed by atoms with van der Waals surface area (Å²) >= 11 is 1.74. The van der Waals surface area contributed by atoms with E-state index in [0.717, 1.165) is 59.4 Å². The summed E-state index contributed by atoms with van der Waals surface area (Å²) in [6.45, 7) is 4.96. The molecule has 1 saturated heterocycles. The number of aliphatic imine (C=N–C) groups is 1. The average Bonchev–Trinajstić information content (AvgIpc) is 2.89. The number of rotatable bonds is 10. The van der Waals surface area contributed by atoms with Gasteiger partial charge in [0.15, 0.2) is 5.17 Å². The number of carbonyl (C=O) groups excluding carboxylic acids is 2. The largest absolute Gasteiger partial charge is 0.340 e. The van der Waals surface area contributed by atoms with Crippen LogP contribution in [0.5, 0.6) is 0 Å². The zero-order chi connectivity index (χ0) is 25.3. The van der Waals surface area contributed by atoms with E-state index >= 15 is 0 Å². The lowest BCUT2D eigenvalue weighted by molar-refractivity contribution is -0.116. The number of amidine groups is 1. The molecule has 0 aromatic heterocycles. The fourth-order valence-corrected chi connectivity index (χ4v) is 5.71. The Hall–Kier alpha value is -3.06. The van der Waals surface area contributed by atoms with Crippen molar-refractivity contribution in [3.63, 3.8) is 0 Å². The number of benzene rings is 2. The third kappa shape index (κ3) is 6.58. The van der Waals surface area contributed by atoms with Crippen LogP contribution < -0.4 is 10.6 Å². The van der Waals surface area contributed by atoms with Crippen LogP contribution >= 0.6 is 11.8 Å². The highest BCUT2D eigenvalue weighted by Crippen LogP contribution is 2.40. The van der Waals surface area contributed by atoms with E-state index in [1.54, 1.807) is 11.8 Å². The van der Waals surface area contributed by atoms with Crippen molar-refractivity contribution in [1.82, 2.24) is 4.90 Å². The SMILES string of the molecule is CCCCCCCC(=O)Nc1ccc(C2C(C(=O)Nc3ccccc3)=C(C)N=C3SCCCN32)cc1. The van der Waals surface area contributed by atoms with Gasteiger partial charge in [-0.1, -0.05) is 74.7 Å². The number of nitrogens with one attached hydrogen (secondary N) is 2. The Morgan fingerprint density at radius 3 is 2.44 bits per heavy atom. The first-order chi connectivity index (χ1) is 17.6. The van der Waals surface area contributed by atoms with Crippen molar-refractivity contribution < 1.29 is 9.59 Å². The number of anilines is 2. The minimum absolute atomic E-state index is 0.0532. The lowest BCUT2D eigenvalue weighted by atomic mass is 9.93. The molecule has 2 N–H and O–H groups in total. The van der Waals surface area contributed by atoms with Gasteiger partial charge in [-0.2, -0.15) is 0 Å². The summed E-state index contributed by atoms with van der Waals surface area (Å²) in [5.74, 6) is 0.949. The van der Waals surface area contributed by atoms with Gasteiger partial charge < -0.3 is 15.5 Å². The quantitative estimate of drug-likeness (QED) is 0.351. The van der Waals surface area contributed by atoms with Crippen LogP contribution in [0.25, 0.3) is 0 Å². The minimum Gasteiger partial charge on any atom is -0.340 e. The summed E-state index contributed by atoms with van der Waals surface area (Å²) in [7, 11) is 0. The molecule has 2 aromatic rings. The van der Waals surface area contributed by atoms with Crippen LogP contribution in [0.1, 0.15) is 70.4 Å². The Labute approximate surface area is 218 Å². The molecule has 2 amide bonds.